The van der Waals surface area contributed by atoms with Gasteiger partial charge < -0.3 is 5.11 Å². The number of thiazole rings is 1. The fourth-order valence-corrected chi connectivity index (χ4v) is 3.15. The van der Waals surface area contributed by atoms with E-state index in [4.69, 9.17) is 5.11 Å². The van der Waals surface area contributed by atoms with Gasteiger partial charge in [-0.3, -0.25) is 4.72 Å². The second kappa shape index (κ2) is 6.00. The molecule has 0 spiro atoms. The number of rotatable bonds is 3. The summed E-state index contributed by atoms with van der Waals surface area (Å²) in [6, 6.07) is 3.35. The number of halogens is 1. The summed E-state index contributed by atoms with van der Waals surface area (Å²) in [5.74, 6) is 3.91. The van der Waals surface area contributed by atoms with Crippen LogP contribution in [-0.4, -0.2) is 25.1 Å². The fourth-order valence-electron chi connectivity index (χ4n) is 1.35. The molecule has 0 bridgehead atoms. The Morgan fingerprint density at radius 2 is 2.25 bits per heavy atom. The largest absolute Gasteiger partial charge is 0.384 e. The summed E-state index contributed by atoms with van der Waals surface area (Å²) in [4.78, 5) is 3.57. The SMILES string of the molecule is O=S(=O)(Nc1nccs1)c1ccc(C#CCO)c(F)c1. The van der Waals surface area contributed by atoms with Gasteiger partial charge in [0.05, 0.1) is 10.5 Å². The van der Waals surface area contributed by atoms with Crippen LogP contribution in [0.4, 0.5) is 9.52 Å². The monoisotopic (exact) mass is 312 g/mol. The minimum atomic E-state index is -3.88. The summed E-state index contributed by atoms with van der Waals surface area (Å²) >= 11 is 1.12. The molecule has 0 saturated heterocycles. The van der Waals surface area contributed by atoms with Gasteiger partial charge in [0.1, 0.15) is 12.4 Å². The Morgan fingerprint density at radius 3 is 2.85 bits per heavy atom. The van der Waals surface area contributed by atoms with E-state index < -0.39 is 22.4 Å². The average molecular weight is 312 g/mol. The van der Waals surface area contributed by atoms with E-state index in [-0.39, 0.29) is 15.6 Å². The van der Waals surface area contributed by atoms with Crippen LogP contribution >= 0.6 is 11.3 Å². The maximum atomic E-state index is 13.7. The van der Waals surface area contributed by atoms with Gasteiger partial charge in [-0.1, -0.05) is 11.8 Å². The number of benzene rings is 1. The molecule has 1 aromatic carbocycles. The van der Waals surface area contributed by atoms with Crippen LogP contribution in [0.5, 0.6) is 0 Å². The smallest absolute Gasteiger partial charge is 0.263 e. The highest BCUT2D eigenvalue weighted by Gasteiger charge is 2.17. The molecule has 2 rings (SSSR count). The van der Waals surface area contributed by atoms with E-state index in [2.05, 4.69) is 21.5 Å². The van der Waals surface area contributed by atoms with E-state index in [0.29, 0.717) is 0 Å². The minimum Gasteiger partial charge on any atom is -0.384 e. The van der Waals surface area contributed by atoms with Crippen LogP contribution in [0, 0.1) is 17.7 Å². The Labute approximate surface area is 119 Å². The van der Waals surface area contributed by atoms with Crippen molar-refractivity contribution in [1.82, 2.24) is 4.98 Å². The standard InChI is InChI=1S/C12H9FN2O3S2/c13-11-8-10(4-3-9(11)2-1-6-16)20(17,18)15-12-14-5-7-19-12/h3-5,7-8,16H,6H2,(H,14,15). The molecule has 2 N–H and O–H groups in total. The van der Waals surface area contributed by atoms with Crippen LogP contribution < -0.4 is 4.72 Å². The number of sulfonamides is 1. The van der Waals surface area contributed by atoms with Gasteiger partial charge in [0, 0.05) is 11.6 Å². The second-order valence-electron chi connectivity index (χ2n) is 3.54. The molecule has 0 atom stereocenters. The van der Waals surface area contributed by atoms with Crippen molar-refractivity contribution in [2.24, 2.45) is 0 Å². The van der Waals surface area contributed by atoms with Crippen molar-refractivity contribution in [2.45, 2.75) is 4.90 Å². The molecule has 1 aromatic heterocycles. The van der Waals surface area contributed by atoms with Gasteiger partial charge in [-0.15, -0.1) is 11.3 Å². The molecule has 0 aliphatic heterocycles. The lowest BCUT2D eigenvalue weighted by Gasteiger charge is -2.05. The zero-order valence-corrected chi connectivity index (χ0v) is 11.6. The zero-order chi connectivity index (χ0) is 14.6. The van der Waals surface area contributed by atoms with Crippen LogP contribution in [0.25, 0.3) is 0 Å². The highest BCUT2D eigenvalue weighted by molar-refractivity contribution is 7.93. The van der Waals surface area contributed by atoms with Gasteiger partial charge in [0.2, 0.25) is 0 Å². The summed E-state index contributed by atoms with van der Waals surface area (Å²) in [7, 11) is -3.88. The molecule has 1 heterocycles. The van der Waals surface area contributed by atoms with Crippen molar-refractivity contribution in [3.05, 3.63) is 41.2 Å². The number of hydrogen-bond donors (Lipinski definition) is 2. The molecule has 104 valence electrons. The minimum absolute atomic E-state index is 0.0206. The topological polar surface area (TPSA) is 79.3 Å². The maximum Gasteiger partial charge on any atom is 0.263 e. The molecule has 0 unspecified atom stereocenters. The Hall–Kier alpha value is -1.95. The number of anilines is 1. The van der Waals surface area contributed by atoms with Crippen molar-refractivity contribution < 1.29 is 17.9 Å². The molecule has 0 fully saturated rings. The first kappa shape index (κ1) is 14.5. The third kappa shape index (κ3) is 3.33. The van der Waals surface area contributed by atoms with Gasteiger partial charge in [-0.2, -0.15) is 0 Å². The first-order valence-electron chi connectivity index (χ1n) is 5.34. The van der Waals surface area contributed by atoms with E-state index in [1.807, 2.05) is 0 Å². The predicted octanol–water partition coefficient (Wildman–Crippen LogP) is 1.43. The first-order chi connectivity index (χ1) is 9.53. The number of aliphatic hydroxyl groups is 1. The number of aliphatic hydroxyl groups excluding tert-OH is 1. The van der Waals surface area contributed by atoms with E-state index in [9.17, 15) is 12.8 Å². The lowest BCUT2D eigenvalue weighted by atomic mass is 10.2. The summed E-state index contributed by atoms with van der Waals surface area (Å²) in [5.41, 5.74) is 0.0206. The fraction of sp³-hybridized carbons (Fsp3) is 0.0833. The van der Waals surface area contributed by atoms with E-state index >= 15 is 0 Å². The quantitative estimate of drug-likeness (QED) is 0.840. The maximum absolute atomic E-state index is 13.7. The summed E-state index contributed by atoms with van der Waals surface area (Å²) in [5, 5.41) is 10.4. The predicted molar refractivity (Wildman–Crippen MR) is 73.3 cm³/mol. The third-order valence-electron chi connectivity index (χ3n) is 2.21. The van der Waals surface area contributed by atoms with Crippen LogP contribution in [0.2, 0.25) is 0 Å². The number of aromatic nitrogens is 1. The van der Waals surface area contributed by atoms with Crippen molar-refractivity contribution in [1.29, 1.82) is 0 Å². The lowest BCUT2D eigenvalue weighted by Crippen LogP contribution is -2.13. The Balaban J connectivity index is 2.31. The Kier molecular flexibility index (Phi) is 4.34. The van der Waals surface area contributed by atoms with Gasteiger partial charge in [0.25, 0.3) is 10.0 Å². The van der Waals surface area contributed by atoms with Gasteiger partial charge in [-0.05, 0) is 18.2 Å². The highest BCUT2D eigenvalue weighted by Crippen LogP contribution is 2.19. The molecule has 0 amide bonds. The van der Waals surface area contributed by atoms with E-state index in [1.165, 1.54) is 18.3 Å². The summed E-state index contributed by atoms with van der Waals surface area (Å²) in [6.45, 7) is -0.398. The Bertz CT molecular complexity index is 762. The summed E-state index contributed by atoms with van der Waals surface area (Å²) < 4.78 is 39.9. The number of nitrogens with one attached hydrogen (secondary N) is 1. The van der Waals surface area contributed by atoms with Crippen molar-refractivity contribution in [2.75, 3.05) is 11.3 Å². The normalized spacial score (nSPS) is 10.7. The molecular formula is C12H9FN2O3S2. The summed E-state index contributed by atoms with van der Waals surface area (Å²) in [6.07, 6.45) is 1.46. The molecule has 0 aliphatic carbocycles. The third-order valence-corrected chi connectivity index (χ3v) is 4.36. The van der Waals surface area contributed by atoms with Crippen molar-refractivity contribution in [3.8, 4) is 11.8 Å². The van der Waals surface area contributed by atoms with Crippen LogP contribution in [0.15, 0.2) is 34.7 Å². The molecule has 0 saturated carbocycles. The molecule has 5 nitrogen and oxygen atoms in total. The Morgan fingerprint density at radius 1 is 1.45 bits per heavy atom. The first-order valence-corrected chi connectivity index (χ1v) is 7.71. The lowest BCUT2D eigenvalue weighted by molar-refractivity contribution is 0.350. The second-order valence-corrected chi connectivity index (χ2v) is 6.12. The molecular weight excluding hydrogens is 303 g/mol. The average Bonchev–Trinajstić information content (AvgIpc) is 2.89. The number of hydrogen-bond acceptors (Lipinski definition) is 5. The van der Waals surface area contributed by atoms with Gasteiger partial charge in [-0.25, -0.2) is 17.8 Å². The van der Waals surface area contributed by atoms with Gasteiger partial charge in [0.15, 0.2) is 5.13 Å². The molecule has 0 aliphatic rings. The molecule has 20 heavy (non-hydrogen) atoms. The molecule has 2 aromatic rings. The van der Waals surface area contributed by atoms with Crippen LogP contribution in [0.3, 0.4) is 0 Å². The van der Waals surface area contributed by atoms with Crippen LogP contribution in [0.1, 0.15) is 5.56 Å². The highest BCUT2D eigenvalue weighted by atomic mass is 32.2. The molecule has 0 radical (unpaired) electrons. The van der Waals surface area contributed by atoms with E-state index in [0.717, 1.165) is 17.4 Å². The van der Waals surface area contributed by atoms with Crippen LogP contribution in [-0.2, 0) is 10.0 Å². The molecule has 8 heteroatoms. The van der Waals surface area contributed by atoms with E-state index in [1.54, 1.807) is 5.38 Å². The number of nitrogens with zero attached hydrogens (tertiary/aromatic N) is 1. The van der Waals surface area contributed by atoms with Gasteiger partial charge >= 0.3 is 0 Å². The van der Waals surface area contributed by atoms with Crippen molar-refractivity contribution >= 4 is 26.5 Å². The van der Waals surface area contributed by atoms with Crippen molar-refractivity contribution in [3.63, 3.8) is 0 Å². The zero-order valence-electron chi connectivity index (χ0n) is 10.00.